The van der Waals surface area contributed by atoms with Gasteiger partial charge < -0.3 is 15.7 Å². The van der Waals surface area contributed by atoms with Gasteiger partial charge in [-0.3, -0.25) is 10.00 Å². The Bertz CT molecular complexity index is 666. The predicted molar refractivity (Wildman–Crippen MR) is 82.5 cm³/mol. The molecule has 1 aromatic heterocycles. The number of carboxylic acids is 1. The van der Waals surface area contributed by atoms with Crippen LogP contribution in [0.3, 0.4) is 0 Å². The quantitative estimate of drug-likeness (QED) is 0.646. The Hall–Kier alpha value is -2.35. The largest absolute Gasteiger partial charge is 0.478 e. The molecule has 1 aromatic rings. The maximum absolute atomic E-state index is 11.7. The number of fused-ring (bicyclic) bond motifs is 1. The molecule has 2 aliphatic rings. The minimum atomic E-state index is -1.01. The van der Waals surface area contributed by atoms with E-state index in [1.807, 2.05) is 6.20 Å². The van der Waals surface area contributed by atoms with E-state index in [1.165, 1.54) is 0 Å². The number of H-pyrrole nitrogens is 1. The zero-order valence-corrected chi connectivity index (χ0v) is 13.2. The summed E-state index contributed by atoms with van der Waals surface area (Å²) in [7, 11) is 0. The van der Waals surface area contributed by atoms with Gasteiger partial charge in [-0.2, -0.15) is 5.10 Å². The molecule has 2 unspecified atom stereocenters. The fourth-order valence-electron chi connectivity index (χ4n) is 3.36. The van der Waals surface area contributed by atoms with Crippen molar-refractivity contribution in [2.45, 2.75) is 32.9 Å². The molecule has 2 atom stereocenters. The molecule has 8 nitrogen and oxygen atoms in total. The molecular formula is C15H21N5O3. The molecule has 124 valence electrons. The summed E-state index contributed by atoms with van der Waals surface area (Å²) in [6.07, 6.45) is 2.73. The highest BCUT2D eigenvalue weighted by molar-refractivity contribution is 5.93. The third kappa shape index (κ3) is 3.21. The summed E-state index contributed by atoms with van der Waals surface area (Å²) in [5.41, 5.74) is 2.94. The van der Waals surface area contributed by atoms with Gasteiger partial charge in [-0.25, -0.2) is 9.59 Å². The number of carbonyl (C=O) groups is 2. The van der Waals surface area contributed by atoms with Gasteiger partial charge in [0.2, 0.25) is 0 Å². The Morgan fingerprint density at radius 3 is 3.00 bits per heavy atom. The van der Waals surface area contributed by atoms with E-state index in [-0.39, 0.29) is 11.6 Å². The van der Waals surface area contributed by atoms with Crippen LogP contribution in [-0.4, -0.2) is 51.3 Å². The molecule has 23 heavy (non-hydrogen) atoms. The van der Waals surface area contributed by atoms with Gasteiger partial charge in [-0.15, -0.1) is 0 Å². The molecule has 0 bridgehead atoms. The monoisotopic (exact) mass is 319 g/mol. The molecule has 8 heteroatoms. The van der Waals surface area contributed by atoms with E-state index < -0.39 is 12.0 Å². The summed E-state index contributed by atoms with van der Waals surface area (Å²) in [5, 5.41) is 21.8. The molecule has 0 radical (unpaired) electrons. The van der Waals surface area contributed by atoms with Crippen LogP contribution in [0.25, 0.3) is 0 Å². The number of aromatic nitrogens is 2. The lowest BCUT2D eigenvalue weighted by Crippen LogP contribution is -2.51. The number of nitrogens with zero attached hydrogens (tertiary/aromatic N) is 2. The summed E-state index contributed by atoms with van der Waals surface area (Å²) in [4.78, 5) is 25.4. The smallest absolute Gasteiger partial charge is 0.335 e. The van der Waals surface area contributed by atoms with Crippen LogP contribution in [0.2, 0.25) is 0 Å². The number of rotatable bonds is 3. The van der Waals surface area contributed by atoms with Crippen LogP contribution in [0.1, 0.15) is 25.1 Å². The van der Waals surface area contributed by atoms with Gasteiger partial charge in [0.05, 0.1) is 17.8 Å². The lowest BCUT2D eigenvalue weighted by molar-refractivity contribution is -0.133. The number of aromatic amines is 1. The average Bonchev–Trinajstić information content (AvgIpc) is 2.78. The second kappa shape index (κ2) is 6.04. The first-order valence-corrected chi connectivity index (χ1v) is 7.71. The summed E-state index contributed by atoms with van der Waals surface area (Å²) in [6, 6.07) is -0.866. The van der Waals surface area contributed by atoms with Crippen molar-refractivity contribution in [1.82, 2.24) is 25.7 Å². The average molecular weight is 319 g/mol. The van der Waals surface area contributed by atoms with Crippen molar-refractivity contribution >= 4 is 12.0 Å². The van der Waals surface area contributed by atoms with Crippen LogP contribution in [0, 0.1) is 5.92 Å². The van der Waals surface area contributed by atoms with Gasteiger partial charge in [0, 0.05) is 36.6 Å². The molecule has 0 fully saturated rings. The SMILES string of the molecule is CC1Cc2[nH]ncc2CN(CC2=C(C(=O)O)C(C)NC(=O)N2)C1. The van der Waals surface area contributed by atoms with E-state index >= 15 is 0 Å². The lowest BCUT2D eigenvalue weighted by atomic mass is 10.0. The number of carboxylic acid groups (broad SMARTS) is 1. The Morgan fingerprint density at radius 1 is 1.48 bits per heavy atom. The van der Waals surface area contributed by atoms with Crippen LogP contribution in [-0.2, 0) is 17.8 Å². The maximum Gasteiger partial charge on any atom is 0.335 e. The van der Waals surface area contributed by atoms with Crippen molar-refractivity contribution in [3.63, 3.8) is 0 Å². The molecule has 4 N–H and O–H groups in total. The Kier molecular flexibility index (Phi) is 4.08. The summed E-state index contributed by atoms with van der Waals surface area (Å²) < 4.78 is 0. The molecule has 0 saturated carbocycles. The number of hydrogen-bond donors (Lipinski definition) is 4. The number of hydrogen-bond acceptors (Lipinski definition) is 4. The maximum atomic E-state index is 11.7. The molecular weight excluding hydrogens is 298 g/mol. The normalized spacial score (nSPS) is 25.4. The van der Waals surface area contributed by atoms with Crippen molar-refractivity contribution < 1.29 is 14.7 Å². The highest BCUT2D eigenvalue weighted by Gasteiger charge is 2.30. The van der Waals surface area contributed by atoms with Crippen molar-refractivity contribution in [2.24, 2.45) is 5.92 Å². The van der Waals surface area contributed by atoms with Gasteiger partial charge in [-0.1, -0.05) is 6.92 Å². The fourth-order valence-corrected chi connectivity index (χ4v) is 3.36. The molecule has 0 aromatic carbocycles. The molecule has 2 aliphatic heterocycles. The molecule has 2 amide bonds. The fraction of sp³-hybridized carbons (Fsp3) is 0.533. The second-order valence-corrected chi connectivity index (χ2v) is 6.37. The first kappa shape index (κ1) is 15.5. The van der Waals surface area contributed by atoms with E-state index in [2.05, 4.69) is 32.7 Å². The Labute approximate surface area is 133 Å². The number of aliphatic carboxylic acids is 1. The number of amides is 2. The van der Waals surface area contributed by atoms with E-state index in [4.69, 9.17) is 0 Å². The van der Waals surface area contributed by atoms with Gasteiger partial charge in [0.25, 0.3) is 0 Å². The molecule has 3 rings (SSSR count). The highest BCUT2D eigenvalue weighted by atomic mass is 16.4. The van der Waals surface area contributed by atoms with Crippen LogP contribution in [0.15, 0.2) is 17.5 Å². The molecule has 3 heterocycles. The van der Waals surface area contributed by atoms with Crippen LogP contribution in [0.4, 0.5) is 4.79 Å². The van der Waals surface area contributed by atoms with Gasteiger partial charge in [0.1, 0.15) is 0 Å². The summed E-state index contributed by atoms with van der Waals surface area (Å²) in [5.74, 6) is -0.590. The van der Waals surface area contributed by atoms with Gasteiger partial charge in [-0.05, 0) is 19.3 Å². The van der Waals surface area contributed by atoms with Crippen LogP contribution >= 0.6 is 0 Å². The van der Waals surface area contributed by atoms with E-state index in [9.17, 15) is 14.7 Å². The van der Waals surface area contributed by atoms with E-state index in [0.29, 0.717) is 24.7 Å². The van der Waals surface area contributed by atoms with Crippen molar-refractivity contribution in [3.8, 4) is 0 Å². The lowest BCUT2D eigenvalue weighted by Gasteiger charge is -2.30. The zero-order valence-electron chi connectivity index (χ0n) is 13.2. The van der Waals surface area contributed by atoms with Crippen LogP contribution in [0.5, 0.6) is 0 Å². The zero-order chi connectivity index (χ0) is 16.6. The first-order chi connectivity index (χ1) is 10.9. The second-order valence-electron chi connectivity index (χ2n) is 6.37. The minimum absolute atomic E-state index is 0.217. The Morgan fingerprint density at radius 2 is 2.26 bits per heavy atom. The summed E-state index contributed by atoms with van der Waals surface area (Å²) in [6.45, 7) is 5.75. The minimum Gasteiger partial charge on any atom is -0.478 e. The van der Waals surface area contributed by atoms with Crippen LogP contribution < -0.4 is 10.6 Å². The first-order valence-electron chi connectivity index (χ1n) is 7.71. The molecule has 0 aliphatic carbocycles. The topological polar surface area (TPSA) is 110 Å². The molecule has 0 saturated heterocycles. The predicted octanol–water partition coefficient (Wildman–Crippen LogP) is 0.444. The molecule has 0 spiro atoms. The van der Waals surface area contributed by atoms with Gasteiger partial charge in [0.15, 0.2) is 0 Å². The van der Waals surface area contributed by atoms with Crippen molar-refractivity contribution in [3.05, 3.63) is 28.7 Å². The number of carbonyl (C=O) groups excluding carboxylic acids is 1. The van der Waals surface area contributed by atoms with Crippen molar-refractivity contribution in [2.75, 3.05) is 13.1 Å². The number of nitrogens with one attached hydrogen (secondary N) is 3. The standard InChI is InChI=1S/C15H21N5O3/c1-8-3-11-10(4-16-19-11)6-20(5-8)7-12-13(14(21)22)9(2)17-15(23)18-12/h4,8-9H,3,5-7H2,1-2H3,(H,16,19)(H,21,22)(H2,17,18,23). The third-order valence-corrected chi connectivity index (χ3v) is 4.31. The number of urea groups is 1. The van der Waals surface area contributed by atoms with E-state index in [0.717, 1.165) is 24.2 Å². The summed E-state index contributed by atoms with van der Waals surface area (Å²) >= 11 is 0. The van der Waals surface area contributed by atoms with Crippen molar-refractivity contribution in [1.29, 1.82) is 0 Å². The van der Waals surface area contributed by atoms with E-state index in [1.54, 1.807) is 6.92 Å². The van der Waals surface area contributed by atoms with Gasteiger partial charge >= 0.3 is 12.0 Å². The Balaban J connectivity index is 1.85. The highest BCUT2D eigenvalue weighted by Crippen LogP contribution is 2.22. The third-order valence-electron chi connectivity index (χ3n) is 4.31.